The van der Waals surface area contributed by atoms with Crippen LogP contribution in [0.3, 0.4) is 0 Å². The molecule has 2 saturated heterocycles. The zero-order valence-electron chi connectivity index (χ0n) is 17.4. The summed E-state index contributed by atoms with van der Waals surface area (Å²) < 4.78 is 10.6. The van der Waals surface area contributed by atoms with Crippen molar-refractivity contribution in [3.63, 3.8) is 0 Å². The molecule has 2 unspecified atom stereocenters. The average Bonchev–Trinajstić information content (AvgIpc) is 3.42. The van der Waals surface area contributed by atoms with Gasteiger partial charge in [-0.3, -0.25) is 9.89 Å². The van der Waals surface area contributed by atoms with Gasteiger partial charge in [-0.2, -0.15) is 0 Å². The van der Waals surface area contributed by atoms with Crippen LogP contribution < -0.4 is 14.8 Å². The van der Waals surface area contributed by atoms with Crippen molar-refractivity contribution in [2.75, 3.05) is 53.5 Å². The zero-order chi connectivity index (χ0) is 19.9. The number of hydrogen-bond acceptors (Lipinski definition) is 5. The van der Waals surface area contributed by atoms with Crippen molar-refractivity contribution in [3.8, 4) is 11.5 Å². The highest BCUT2D eigenvalue weighted by Crippen LogP contribution is 2.30. The fourth-order valence-corrected chi connectivity index (χ4v) is 4.10. The number of nitrogens with one attached hydrogen (secondary N) is 1. The Morgan fingerprint density at radius 3 is 2.64 bits per heavy atom. The van der Waals surface area contributed by atoms with Gasteiger partial charge in [0, 0.05) is 25.7 Å². The Bertz CT molecular complexity index is 661. The molecule has 0 aliphatic carbocycles. The van der Waals surface area contributed by atoms with E-state index in [1.165, 1.54) is 32.4 Å². The van der Waals surface area contributed by atoms with Crippen LogP contribution >= 0.6 is 0 Å². The van der Waals surface area contributed by atoms with Gasteiger partial charge < -0.3 is 24.8 Å². The fraction of sp³-hybridized carbons (Fsp3) is 0.667. The molecule has 7 nitrogen and oxygen atoms in total. The molecular weight excluding hydrogens is 356 g/mol. The minimum atomic E-state index is -0.689. The van der Waals surface area contributed by atoms with Gasteiger partial charge in [-0.05, 0) is 57.0 Å². The van der Waals surface area contributed by atoms with E-state index in [-0.39, 0.29) is 0 Å². The minimum Gasteiger partial charge on any atom is -0.493 e. The van der Waals surface area contributed by atoms with Crippen LogP contribution in [-0.2, 0) is 0 Å². The molecular formula is C21H34N4O3. The Hall–Kier alpha value is -1.99. The van der Waals surface area contributed by atoms with Crippen molar-refractivity contribution >= 4 is 5.96 Å². The van der Waals surface area contributed by atoms with Crippen LogP contribution in [0.5, 0.6) is 11.5 Å². The molecule has 2 heterocycles. The van der Waals surface area contributed by atoms with Gasteiger partial charge in [-0.1, -0.05) is 6.07 Å². The lowest BCUT2D eigenvalue weighted by molar-refractivity contribution is 0.186. The highest BCUT2D eigenvalue weighted by Gasteiger charge is 2.30. The van der Waals surface area contributed by atoms with Gasteiger partial charge in [0.05, 0.1) is 26.9 Å². The zero-order valence-corrected chi connectivity index (χ0v) is 17.4. The number of ether oxygens (including phenoxy) is 2. The van der Waals surface area contributed by atoms with Crippen molar-refractivity contribution in [1.82, 2.24) is 15.1 Å². The molecule has 0 bridgehead atoms. The molecule has 0 aromatic heterocycles. The third-order valence-corrected chi connectivity index (χ3v) is 5.66. The summed E-state index contributed by atoms with van der Waals surface area (Å²) >= 11 is 0. The molecule has 156 valence electrons. The number of hydrogen-bond donors (Lipinski definition) is 2. The maximum atomic E-state index is 10.6. The van der Waals surface area contributed by atoms with Crippen LogP contribution in [0.4, 0.5) is 0 Å². The molecule has 2 aliphatic heterocycles. The number of aliphatic hydroxyl groups excluding tert-OH is 1. The van der Waals surface area contributed by atoms with E-state index in [4.69, 9.17) is 14.5 Å². The van der Waals surface area contributed by atoms with E-state index < -0.39 is 6.10 Å². The summed E-state index contributed by atoms with van der Waals surface area (Å²) in [6.45, 7) is 7.68. The van der Waals surface area contributed by atoms with E-state index in [1.54, 1.807) is 14.2 Å². The standard InChI is InChI=1S/C21H34N4O3/c1-4-22-21(25-12-9-17(15-25)24-10-5-6-11-24)23-14-18(26)16-7-8-19(27-2)20(13-16)28-3/h7-8,13,17-18,26H,4-6,9-12,14-15H2,1-3H3,(H,22,23). The first kappa shape index (κ1) is 20.7. The van der Waals surface area contributed by atoms with Gasteiger partial charge in [0.1, 0.15) is 0 Å². The molecule has 28 heavy (non-hydrogen) atoms. The van der Waals surface area contributed by atoms with Crippen LogP contribution in [0.15, 0.2) is 23.2 Å². The number of guanidine groups is 1. The normalized spacial score (nSPS) is 21.8. The van der Waals surface area contributed by atoms with Crippen LogP contribution in [-0.4, -0.2) is 80.4 Å². The molecule has 0 radical (unpaired) electrons. The Morgan fingerprint density at radius 1 is 1.21 bits per heavy atom. The maximum absolute atomic E-state index is 10.6. The second-order valence-corrected chi connectivity index (χ2v) is 7.46. The Labute approximate surface area is 168 Å². The molecule has 0 saturated carbocycles. The fourth-order valence-electron chi connectivity index (χ4n) is 4.10. The molecule has 2 atom stereocenters. The third kappa shape index (κ3) is 4.89. The van der Waals surface area contributed by atoms with Crippen LogP contribution in [0.25, 0.3) is 0 Å². The van der Waals surface area contributed by atoms with E-state index >= 15 is 0 Å². The Kier molecular flexibility index (Phi) is 7.39. The topological polar surface area (TPSA) is 69.6 Å². The SMILES string of the molecule is CCNC(=NCC(O)c1ccc(OC)c(OC)c1)N1CCC(N2CCCC2)C1. The van der Waals surface area contributed by atoms with E-state index in [0.717, 1.165) is 31.2 Å². The lowest BCUT2D eigenvalue weighted by Gasteiger charge is -2.25. The summed E-state index contributed by atoms with van der Waals surface area (Å²) in [6.07, 6.45) is 3.14. The maximum Gasteiger partial charge on any atom is 0.194 e. The lowest BCUT2D eigenvalue weighted by atomic mass is 10.1. The number of methoxy groups -OCH3 is 2. The van der Waals surface area contributed by atoms with Crippen molar-refractivity contribution in [2.45, 2.75) is 38.3 Å². The van der Waals surface area contributed by atoms with Gasteiger partial charge >= 0.3 is 0 Å². The highest BCUT2D eigenvalue weighted by molar-refractivity contribution is 5.80. The number of nitrogens with zero attached hydrogens (tertiary/aromatic N) is 3. The highest BCUT2D eigenvalue weighted by atomic mass is 16.5. The number of aliphatic imine (C=N–C) groups is 1. The van der Waals surface area contributed by atoms with Crippen molar-refractivity contribution in [1.29, 1.82) is 0 Å². The first-order valence-electron chi connectivity index (χ1n) is 10.3. The summed E-state index contributed by atoms with van der Waals surface area (Å²) in [5.74, 6) is 2.16. The van der Waals surface area contributed by atoms with Gasteiger partial charge in [0.25, 0.3) is 0 Å². The van der Waals surface area contributed by atoms with Gasteiger partial charge in [-0.15, -0.1) is 0 Å². The summed E-state index contributed by atoms with van der Waals surface area (Å²) in [5.41, 5.74) is 0.772. The van der Waals surface area contributed by atoms with Gasteiger partial charge in [-0.25, -0.2) is 0 Å². The van der Waals surface area contributed by atoms with Crippen LogP contribution in [0, 0.1) is 0 Å². The summed E-state index contributed by atoms with van der Waals surface area (Å²) in [7, 11) is 3.20. The van der Waals surface area contributed by atoms with E-state index in [2.05, 4.69) is 22.0 Å². The van der Waals surface area contributed by atoms with Gasteiger partial charge in [0.2, 0.25) is 0 Å². The predicted molar refractivity (Wildman–Crippen MR) is 111 cm³/mol. The molecule has 2 aliphatic rings. The van der Waals surface area contributed by atoms with Crippen molar-refractivity contribution in [3.05, 3.63) is 23.8 Å². The molecule has 1 aromatic rings. The molecule has 1 aromatic carbocycles. The third-order valence-electron chi connectivity index (χ3n) is 5.66. The quantitative estimate of drug-likeness (QED) is 0.547. The molecule has 0 amide bonds. The molecule has 0 spiro atoms. The molecule has 2 N–H and O–H groups in total. The first-order chi connectivity index (χ1) is 13.7. The average molecular weight is 391 g/mol. The Morgan fingerprint density at radius 2 is 1.96 bits per heavy atom. The summed E-state index contributed by atoms with van der Waals surface area (Å²) in [6, 6.07) is 6.11. The lowest BCUT2D eigenvalue weighted by Crippen LogP contribution is -2.43. The minimum absolute atomic E-state index is 0.308. The molecule has 2 fully saturated rings. The van der Waals surface area contributed by atoms with E-state index in [1.807, 2.05) is 18.2 Å². The number of rotatable bonds is 7. The largest absolute Gasteiger partial charge is 0.493 e. The second-order valence-electron chi connectivity index (χ2n) is 7.46. The van der Waals surface area contributed by atoms with E-state index in [9.17, 15) is 5.11 Å². The smallest absolute Gasteiger partial charge is 0.194 e. The molecule has 3 rings (SSSR count). The van der Waals surface area contributed by atoms with Crippen molar-refractivity contribution < 1.29 is 14.6 Å². The Balaban J connectivity index is 1.64. The van der Waals surface area contributed by atoms with Crippen LogP contribution in [0.2, 0.25) is 0 Å². The summed E-state index contributed by atoms with van der Waals surface area (Å²) in [5, 5.41) is 14.0. The van der Waals surface area contributed by atoms with Crippen LogP contribution in [0.1, 0.15) is 37.9 Å². The van der Waals surface area contributed by atoms with E-state index in [0.29, 0.717) is 24.1 Å². The number of benzene rings is 1. The monoisotopic (exact) mass is 390 g/mol. The second kappa shape index (κ2) is 9.98. The first-order valence-corrected chi connectivity index (χ1v) is 10.3. The molecule has 7 heteroatoms. The predicted octanol–water partition coefficient (Wildman–Crippen LogP) is 1.87. The summed E-state index contributed by atoms with van der Waals surface area (Å²) in [4.78, 5) is 9.66. The number of aliphatic hydroxyl groups is 1. The van der Waals surface area contributed by atoms with Crippen molar-refractivity contribution in [2.24, 2.45) is 4.99 Å². The van der Waals surface area contributed by atoms with Gasteiger partial charge in [0.15, 0.2) is 17.5 Å². The number of likely N-dealkylation sites (tertiary alicyclic amines) is 2.